The Morgan fingerprint density at radius 3 is 2.49 bits per heavy atom. The molecule has 0 aliphatic carbocycles. The number of methoxy groups -OCH3 is 1. The molecule has 250 valence electrons. The summed E-state index contributed by atoms with van der Waals surface area (Å²) in [5, 5.41) is 7.82. The maximum atomic E-state index is 14.0. The van der Waals surface area contributed by atoms with E-state index in [1.165, 1.54) is 24.5 Å². The van der Waals surface area contributed by atoms with E-state index >= 15 is 0 Å². The smallest absolute Gasteiger partial charge is 0.247 e. The van der Waals surface area contributed by atoms with Crippen LogP contribution in [-0.2, 0) is 9.63 Å². The minimum absolute atomic E-state index is 0.320. The minimum atomic E-state index is -0.652. The molecule has 0 radical (unpaired) electrons. The second kappa shape index (κ2) is 14.2. The zero-order valence-corrected chi connectivity index (χ0v) is 27.1. The van der Waals surface area contributed by atoms with E-state index in [4.69, 9.17) is 9.57 Å². The zero-order chi connectivity index (χ0) is 33.1. The molecule has 2 aromatic carbocycles. The number of anilines is 5. The van der Waals surface area contributed by atoms with Gasteiger partial charge in [-0.25, -0.2) is 23.8 Å². The number of benzene rings is 2. The first-order valence-corrected chi connectivity index (χ1v) is 16.0. The Hall–Kier alpha value is -4.33. The Morgan fingerprint density at radius 1 is 1.02 bits per heavy atom. The van der Waals surface area contributed by atoms with Crippen LogP contribution in [0.3, 0.4) is 0 Å². The van der Waals surface area contributed by atoms with Crippen molar-refractivity contribution in [2.75, 3.05) is 74.1 Å². The Labute approximate surface area is 274 Å². The van der Waals surface area contributed by atoms with Crippen LogP contribution >= 0.6 is 0 Å². The van der Waals surface area contributed by atoms with Crippen molar-refractivity contribution in [2.45, 2.75) is 44.3 Å². The fourth-order valence-electron chi connectivity index (χ4n) is 6.70. The third-order valence-electron chi connectivity index (χ3n) is 9.39. The summed E-state index contributed by atoms with van der Waals surface area (Å²) in [6, 6.07) is 9.54. The summed E-state index contributed by atoms with van der Waals surface area (Å²) in [4.78, 5) is 34.5. The largest absolute Gasteiger partial charge is 0.494 e. The quantitative estimate of drug-likeness (QED) is 0.305. The molecule has 1 aromatic heterocycles. The lowest BCUT2D eigenvalue weighted by Crippen LogP contribution is -2.55. The van der Waals surface area contributed by atoms with Crippen molar-refractivity contribution >= 4 is 34.6 Å². The van der Waals surface area contributed by atoms with E-state index < -0.39 is 17.7 Å². The SMILES string of the molecule is C=CC(=O)Nc1cc(Nc2cc(N3OCCC3c3cc(F)cc(F)c3)ncn2)c(OC)cc1N1CCC(N2CCN(C)C(C)C2)CC1. The second-order valence-electron chi connectivity index (χ2n) is 12.4. The maximum absolute atomic E-state index is 14.0. The van der Waals surface area contributed by atoms with Gasteiger partial charge < -0.3 is 25.2 Å². The van der Waals surface area contributed by atoms with E-state index in [1.54, 1.807) is 18.2 Å². The number of nitrogens with one attached hydrogen (secondary N) is 2. The number of piperazine rings is 1. The number of halogens is 2. The van der Waals surface area contributed by atoms with E-state index in [0.717, 1.165) is 57.3 Å². The van der Waals surface area contributed by atoms with Crippen molar-refractivity contribution in [3.05, 3.63) is 72.6 Å². The Balaban J connectivity index is 1.22. The highest BCUT2D eigenvalue weighted by Gasteiger charge is 2.32. The number of nitrogens with zero attached hydrogens (tertiary/aromatic N) is 6. The fraction of sp³-hybridized carbons (Fsp3) is 0.441. The van der Waals surface area contributed by atoms with Crippen LogP contribution in [-0.4, -0.2) is 91.2 Å². The Kier molecular flexibility index (Phi) is 9.85. The molecule has 3 saturated heterocycles. The lowest BCUT2D eigenvalue weighted by atomic mass is 10.00. The van der Waals surface area contributed by atoms with Crippen LogP contribution in [0.15, 0.2) is 55.4 Å². The number of carbonyl (C=O) groups is 1. The molecule has 2 unspecified atom stereocenters. The van der Waals surface area contributed by atoms with Gasteiger partial charge in [0.05, 0.1) is 36.8 Å². The molecule has 3 aliphatic rings. The van der Waals surface area contributed by atoms with Gasteiger partial charge in [-0.05, 0) is 56.7 Å². The van der Waals surface area contributed by atoms with Gasteiger partial charge in [-0.3, -0.25) is 14.5 Å². The standard InChI is InChI=1S/C34H42F2N8O3/c1-5-34(45)40-27-17-28(31(46-4)18-30(27)42-9-6-26(7-10-42)43-12-11-41(3)22(2)20-43)39-32-19-33(38-21-37-32)44-29(8-13-47-44)23-14-24(35)16-25(36)15-23/h5,14-19,21-22,26,29H,1,6-13,20H2,2-4H3,(H,40,45)(H,37,38,39). The molecule has 3 aromatic rings. The summed E-state index contributed by atoms with van der Waals surface area (Å²) < 4.78 is 33.8. The van der Waals surface area contributed by atoms with Crippen molar-refractivity contribution < 1.29 is 23.1 Å². The number of aromatic nitrogens is 2. The van der Waals surface area contributed by atoms with E-state index in [0.29, 0.717) is 59.4 Å². The van der Waals surface area contributed by atoms with Gasteiger partial charge in [0.25, 0.3) is 0 Å². The van der Waals surface area contributed by atoms with E-state index in [-0.39, 0.29) is 5.91 Å². The van der Waals surface area contributed by atoms with Crippen LogP contribution in [0.1, 0.15) is 37.8 Å². The van der Waals surface area contributed by atoms with Crippen LogP contribution in [0.4, 0.5) is 37.5 Å². The summed E-state index contributed by atoms with van der Waals surface area (Å²) in [7, 11) is 3.79. The van der Waals surface area contributed by atoms with Gasteiger partial charge >= 0.3 is 0 Å². The van der Waals surface area contributed by atoms with Crippen molar-refractivity contribution in [2.24, 2.45) is 0 Å². The van der Waals surface area contributed by atoms with Gasteiger partial charge in [-0.1, -0.05) is 6.58 Å². The van der Waals surface area contributed by atoms with Gasteiger partial charge in [0.2, 0.25) is 5.91 Å². The first-order chi connectivity index (χ1) is 22.7. The molecule has 6 rings (SSSR count). The summed E-state index contributed by atoms with van der Waals surface area (Å²) in [6.45, 7) is 11.2. The zero-order valence-electron chi connectivity index (χ0n) is 27.1. The molecule has 2 N–H and O–H groups in total. The summed E-state index contributed by atoms with van der Waals surface area (Å²) in [5.74, 6) is -0.204. The van der Waals surface area contributed by atoms with Gasteiger partial charge in [-0.2, -0.15) is 0 Å². The number of ether oxygens (including phenoxy) is 1. The fourth-order valence-corrected chi connectivity index (χ4v) is 6.70. The molecule has 2 atom stereocenters. The molecule has 0 saturated carbocycles. The molecule has 4 heterocycles. The normalized spacial score (nSPS) is 21.1. The molecule has 0 spiro atoms. The summed E-state index contributed by atoms with van der Waals surface area (Å²) >= 11 is 0. The van der Waals surface area contributed by atoms with E-state index in [9.17, 15) is 13.6 Å². The number of carbonyl (C=O) groups excluding carboxylic acids is 1. The topological polar surface area (TPSA) is 98.3 Å². The van der Waals surface area contributed by atoms with Crippen molar-refractivity contribution in [1.29, 1.82) is 0 Å². The molecule has 3 aliphatic heterocycles. The van der Waals surface area contributed by atoms with Gasteiger partial charge in [-0.15, -0.1) is 0 Å². The monoisotopic (exact) mass is 648 g/mol. The highest BCUT2D eigenvalue weighted by molar-refractivity contribution is 6.02. The van der Waals surface area contributed by atoms with Crippen LogP contribution in [0, 0.1) is 11.6 Å². The molecule has 11 nitrogen and oxygen atoms in total. The Morgan fingerprint density at radius 2 is 1.79 bits per heavy atom. The lowest BCUT2D eigenvalue weighted by Gasteiger charge is -2.45. The predicted molar refractivity (Wildman–Crippen MR) is 178 cm³/mol. The lowest BCUT2D eigenvalue weighted by molar-refractivity contribution is -0.111. The molecule has 47 heavy (non-hydrogen) atoms. The van der Waals surface area contributed by atoms with Crippen molar-refractivity contribution in [3.8, 4) is 5.75 Å². The third-order valence-corrected chi connectivity index (χ3v) is 9.39. The summed E-state index contributed by atoms with van der Waals surface area (Å²) in [5.41, 5.74) is 2.52. The van der Waals surface area contributed by atoms with Crippen LogP contribution in [0.5, 0.6) is 5.75 Å². The number of hydrogen-bond donors (Lipinski definition) is 2. The first kappa shape index (κ1) is 32.6. The molecule has 3 fully saturated rings. The maximum Gasteiger partial charge on any atom is 0.247 e. The second-order valence-corrected chi connectivity index (χ2v) is 12.4. The molecule has 0 bridgehead atoms. The van der Waals surface area contributed by atoms with Crippen LogP contribution in [0.25, 0.3) is 0 Å². The summed E-state index contributed by atoms with van der Waals surface area (Å²) in [6.07, 6.45) is 5.21. The number of hydroxylamine groups is 1. The number of hydrogen-bond acceptors (Lipinski definition) is 10. The number of likely N-dealkylation sites (N-methyl/N-ethyl adjacent to an activating group) is 1. The van der Waals surface area contributed by atoms with E-state index in [1.807, 2.05) is 12.1 Å². The average Bonchev–Trinajstić information content (AvgIpc) is 3.56. The van der Waals surface area contributed by atoms with Crippen LogP contribution in [0.2, 0.25) is 0 Å². The predicted octanol–water partition coefficient (Wildman–Crippen LogP) is 5.12. The van der Waals surface area contributed by atoms with Gasteiger partial charge in [0, 0.05) is 69.4 Å². The molecular weight excluding hydrogens is 606 g/mol. The Bertz CT molecular complexity index is 1580. The average molecular weight is 649 g/mol. The van der Waals surface area contributed by atoms with E-state index in [2.05, 4.69) is 55.9 Å². The third kappa shape index (κ3) is 7.32. The highest BCUT2D eigenvalue weighted by atomic mass is 19.1. The minimum Gasteiger partial charge on any atom is -0.494 e. The number of amides is 1. The number of piperidine rings is 1. The van der Waals surface area contributed by atoms with Gasteiger partial charge in [0.1, 0.15) is 29.5 Å². The highest BCUT2D eigenvalue weighted by Crippen LogP contribution is 2.41. The molecule has 1 amide bonds. The molecule has 13 heteroatoms. The van der Waals surface area contributed by atoms with Crippen molar-refractivity contribution in [1.82, 2.24) is 19.8 Å². The van der Waals surface area contributed by atoms with Crippen LogP contribution < -0.4 is 25.3 Å². The first-order valence-electron chi connectivity index (χ1n) is 16.0. The number of rotatable bonds is 9. The molecular formula is C34H42F2N8O3. The van der Waals surface area contributed by atoms with Gasteiger partial charge in [0.15, 0.2) is 5.82 Å². The van der Waals surface area contributed by atoms with Crippen molar-refractivity contribution in [3.63, 3.8) is 0 Å².